The van der Waals surface area contributed by atoms with Gasteiger partial charge in [0, 0.05) is 25.5 Å². The molecule has 1 saturated heterocycles. The largest absolute Gasteiger partial charge is 0.389 e. The van der Waals surface area contributed by atoms with Gasteiger partial charge in [-0.15, -0.1) is 0 Å². The van der Waals surface area contributed by atoms with Crippen molar-refractivity contribution in [2.24, 2.45) is 0 Å². The van der Waals surface area contributed by atoms with Crippen LogP contribution >= 0.6 is 0 Å². The Bertz CT molecular complexity index is 672. The molecule has 1 aliphatic heterocycles. The molecule has 0 unspecified atom stereocenters. The summed E-state index contributed by atoms with van der Waals surface area (Å²) in [5.41, 5.74) is 0.803. The number of hydrogen-bond acceptors (Lipinski definition) is 4. The van der Waals surface area contributed by atoms with Gasteiger partial charge in [-0.05, 0) is 30.7 Å². The number of hydrogen-bond donors (Lipinski definition) is 3. The monoisotopic (exact) mass is 314 g/mol. The molecule has 0 bridgehead atoms. The van der Waals surface area contributed by atoms with Gasteiger partial charge in [-0.1, -0.05) is 6.07 Å². The molecule has 7 heteroatoms. The van der Waals surface area contributed by atoms with Crippen LogP contribution in [-0.2, 0) is 0 Å². The summed E-state index contributed by atoms with van der Waals surface area (Å²) in [7, 11) is 0. The van der Waals surface area contributed by atoms with Crippen molar-refractivity contribution in [2.45, 2.75) is 18.6 Å². The Morgan fingerprint density at radius 2 is 2.17 bits per heavy atom. The van der Waals surface area contributed by atoms with Gasteiger partial charge in [-0.2, -0.15) is 0 Å². The van der Waals surface area contributed by atoms with Crippen molar-refractivity contribution in [3.8, 4) is 0 Å². The minimum atomic E-state index is -0.810. The number of piperidine rings is 1. The highest BCUT2D eigenvalue weighted by Crippen LogP contribution is 2.14. The van der Waals surface area contributed by atoms with Crippen LogP contribution in [0.2, 0.25) is 0 Å². The number of β-amino-alcohol motifs (C(OH)–C–C–N with tert-alkyl or cyclic N) is 1. The molecule has 2 atom stereocenters. The van der Waals surface area contributed by atoms with Crippen molar-refractivity contribution in [1.82, 2.24) is 20.2 Å². The van der Waals surface area contributed by atoms with Crippen molar-refractivity contribution < 1.29 is 14.7 Å². The Kier molecular flexibility index (Phi) is 4.38. The quantitative estimate of drug-likeness (QED) is 0.764. The third kappa shape index (κ3) is 3.40. The summed E-state index contributed by atoms with van der Waals surface area (Å²) in [6.07, 6.45) is 2.91. The molecule has 2 amide bonds. The highest BCUT2D eigenvalue weighted by molar-refractivity contribution is 5.93. The molecular formula is C16H18N4O3. The number of nitrogens with one attached hydrogen (secondary N) is 2. The summed E-state index contributed by atoms with van der Waals surface area (Å²) in [5.74, 6) is -0.470. The topological polar surface area (TPSA) is 98.3 Å². The maximum absolute atomic E-state index is 12.3. The van der Waals surface area contributed by atoms with Crippen molar-refractivity contribution >= 4 is 11.8 Å². The van der Waals surface area contributed by atoms with Crippen LogP contribution < -0.4 is 5.32 Å². The number of aliphatic hydroxyl groups is 1. The van der Waals surface area contributed by atoms with Gasteiger partial charge < -0.3 is 20.3 Å². The van der Waals surface area contributed by atoms with Crippen LogP contribution in [0, 0.1) is 0 Å². The van der Waals surface area contributed by atoms with E-state index in [0.717, 1.165) is 0 Å². The molecule has 0 aromatic carbocycles. The predicted octanol–water partition coefficient (Wildman–Crippen LogP) is 0.415. The zero-order valence-electron chi connectivity index (χ0n) is 12.5. The molecular weight excluding hydrogens is 296 g/mol. The van der Waals surface area contributed by atoms with Gasteiger partial charge in [-0.3, -0.25) is 14.6 Å². The molecule has 120 valence electrons. The molecule has 3 rings (SSSR count). The zero-order chi connectivity index (χ0) is 16.2. The van der Waals surface area contributed by atoms with Gasteiger partial charge in [0.25, 0.3) is 11.8 Å². The average molecular weight is 314 g/mol. The normalized spacial score (nSPS) is 21.0. The van der Waals surface area contributed by atoms with E-state index in [2.05, 4.69) is 15.3 Å². The number of rotatable bonds is 3. The second kappa shape index (κ2) is 6.62. The van der Waals surface area contributed by atoms with Crippen LogP contribution in [-0.4, -0.2) is 57.0 Å². The summed E-state index contributed by atoms with van der Waals surface area (Å²) < 4.78 is 0. The molecule has 2 aromatic rings. The number of H-pyrrole nitrogens is 1. The molecule has 1 aliphatic rings. The SMILES string of the molecule is O=C(N[C@@H]1CCN(C(=O)c2ccccn2)C[C@H]1O)c1ccc[nH]1. The number of aromatic amines is 1. The fourth-order valence-electron chi connectivity index (χ4n) is 2.65. The van der Waals surface area contributed by atoms with E-state index in [-0.39, 0.29) is 24.4 Å². The number of aliphatic hydroxyl groups excluding tert-OH is 1. The lowest BCUT2D eigenvalue weighted by molar-refractivity contribution is 0.0310. The van der Waals surface area contributed by atoms with E-state index in [4.69, 9.17) is 0 Å². The Morgan fingerprint density at radius 1 is 1.30 bits per heavy atom. The van der Waals surface area contributed by atoms with E-state index >= 15 is 0 Å². The number of carbonyl (C=O) groups is 2. The van der Waals surface area contributed by atoms with Crippen LogP contribution in [0.4, 0.5) is 0 Å². The molecule has 0 spiro atoms. The molecule has 2 aromatic heterocycles. The number of carbonyl (C=O) groups excluding carboxylic acids is 2. The second-order valence-electron chi connectivity index (χ2n) is 5.49. The van der Waals surface area contributed by atoms with Crippen molar-refractivity contribution in [2.75, 3.05) is 13.1 Å². The van der Waals surface area contributed by atoms with E-state index in [1.807, 2.05) is 0 Å². The fourth-order valence-corrected chi connectivity index (χ4v) is 2.65. The standard InChI is InChI=1S/C16H18N4O3/c21-14-10-20(16(23)13-4-1-2-7-18-13)9-6-11(14)19-15(22)12-5-3-8-17-12/h1-5,7-8,11,14,17,21H,6,9-10H2,(H,19,22)/t11-,14-/m1/s1. The van der Waals surface area contributed by atoms with Gasteiger partial charge in [0.2, 0.25) is 0 Å². The zero-order valence-corrected chi connectivity index (χ0v) is 12.5. The first kappa shape index (κ1) is 15.2. The minimum absolute atomic E-state index is 0.172. The third-order valence-electron chi connectivity index (χ3n) is 3.91. The molecule has 0 radical (unpaired) electrons. The molecule has 7 nitrogen and oxygen atoms in total. The first-order valence-corrected chi connectivity index (χ1v) is 7.48. The first-order chi connectivity index (χ1) is 11.1. The van der Waals surface area contributed by atoms with E-state index < -0.39 is 6.10 Å². The van der Waals surface area contributed by atoms with Gasteiger partial charge in [0.05, 0.1) is 12.1 Å². The third-order valence-corrected chi connectivity index (χ3v) is 3.91. The van der Waals surface area contributed by atoms with Gasteiger partial charge in [0.15, 0.2) is 0 Å². The van der Waals surface area contributed by atoms with Crippen LogP contribution in [0.3, 0.4) is 0 Å². The lowest BCUT2D eigenvalue weighted by Crippen LogP contribution is -2.55. The molecule has 3 heterocycles. The van der Waals surface area contributed by atoms with E-state index in [1.54, 1.807) is 47.6 Å². The minimum Gasteiger partial charge on any atom is -0.389 e. The average Bonchev–Trinajstić information content (AvgIpc) is 3.11. The Labute approximate surface area is 133 Å². The number of aromatic nitrogens is 2. The Balaban J connectivity index is 1.59. The lowest BCUT2D eigenvalue weighted by atomic mass is 10.0. The van der Waals surface area contributed by atoms with Gasteiger partial charge >= 0.3 is 0 Å². The Morgan fingerprint density at radius 3 is 2.83 bits per heavy atom. The molecule has 0 saturated carbocycles. The van der Waals surface area contributed by atoms with E-state index in [9.17, 15) is 14.7 Å². The first-order valence-electron chi connectivity index (χ1n) is 7.48. The summed E-state index contributed by atoms with van der Waals surface area (Å²) >= 11 is 0. The van der Waals surface area contributed by atoms with Crippen molar-refractivity contribution in [1.29, 1.82) is 0 Å². The number of likely N-dealkylation sites (tertiary alicyclic amines) is 1. The Hall–Kier alpha value is -2.67. The van der Waals surface area contributed by atoms with Gasteiger partial charge in [-0.25, -0.2) is 0 Å². The van der Waals surface area contributed by atoms with E-state index in [0.29, 0.717) is 24.4 Å². The van der Waals surface area contributed by atoms with Crippen LogP contribution in [0.15, 0.2) is 42.7 Å². The maximum atomic E-state index is 12.3. The highest BCUT2D eigenvalue weighted by atomic mass is 16.3. The number of pyridine rings is 1. The van der Waals surface area contributed by atoms with E-state index in [1.165, 1.54) is 0 Å². The summed E-state index contributed by atoms with van der Waals surface area (Å²) in [4.78, 5) is 32.7. The van der Waals surface area contributed by atoms with Crippen LogP contribution in [0.5, 0.6) is 0 Å². The summed E-state index contributed by atoms with van der Waals surface area (Å²) in [5, 5.41) is 13.0. The highest BCUT2D eigenvalue weighted by Gasteiger charge is 2.32. The van der Waals surface area contributed by atoms with Crippen LogP contribution in [0.25, 0.3) is 0 Å². The summed E-state index contributed by atoms with van der Waals surface area (Å²) in [6.45, 7) is 0.632. The van der Waals surface area contributed by atoms with Crippen molar-refractivity contribution in [3.63, 3.8) is 0 Å². The number of nitrogens with zero attached hydrogens (tertiary/aromatic N) is 2. The van der Waals surface area contributed by atoms with Crippen molar-refractivity contribution in [3.05, 3.63) is 54.1 Å². The molecule has 3 N–H and O–H groups in total. The smallest absolute Gasteiger partial charge is 0.272 e. The molecule has 0 aliphatic carbocycles. The van der Waals surface area contributed by atoms with Crippen LogP contribution in [0.1, 0.15) is 27.4 Å². The molecule has 23 heavy (non-hydrogen) atoms. The van der Waals surface area contributed by atoms with Gasteiger partial charge in [0.1, 0.15) is 11.4 Å². The second-order valence-corrected chi connectivity index (χ2v) is 5.49. The summed E-state index contributed by atoms with van der Waals surface area (Å²) in [6, 6.07) is 8.17. The lowest BCUT2D eigenvalue weighted by Gasteiger charge is -2.36. The number of amides is 2. The fraction of sp³-hybridized carbons (Fsp3) is 0.312. The maximum Gasteiger partial charge on any atom is 0.272 e. The predicted molar refractivity (Wildman–Crippen MR) is 82.8 cm³/mol. The molecule has 1 fully saturated rings.